The van der Waals surface area contributed by atoms with E-state index in [0.717, 1.165) is 0 Å². The summed E-state index contributed by atoms with van der Waals surface area (Å²) in [4.78, 5) is 1.54. The van der Waals surface area contributed by atoms with Gasteiger partial charge in [-0.1, -0.05) is 0 Å². The fraction of sp³-hybridized carbons (Fsp3) is 1.00. The first-order chi connectivity index (χ1) is 6.41. The number of β-amino-alcohol motifs (C(OH)–C–C–N with tert-alkyl or cyclic N) is 1. The average Bonchev–Trinajstić information content (AvgIpc) is 2.08. The van der Waals surface area contributed by atoms with Crippen molar-refractivity contribution in [3.63, 3.8) is 0 Å². The highest BCUT2D eigenvalue weighted by atomic mass is 32.2. The van der Waals surface area contributed by atoms with Crippen molar-refractivity contribution in [3.05, 3.63) is 0 Å². The zero-order chi connectivity index (χ0) is 10.8. The van der Waals surface area contributed by atoms with Crippen LogP contribution in [-0.4, -0.2) is 62.1 Å². The standard InChI is InChI=1S/C7H13F2NO3S/c8-7(9)6(11)5-10-1-3-14(12,13)4-2-10/h6-7,11H,1-5H2. The fourth-order valence-corrected chi connectivity index (χ4v) is 2.55. The van der Waals surface area contributed by atoms with Crippen LogP contribution in [0.1, 0.15) is 0 Å². The van der Waals surface area contributed by atoms with Gasteiger partial charge in [0, 0.05) is 19.6 Å². The molecule has 4 nitrogen and oxygen atoms in total. The summed E-state index contributed by atoms with van der Waals surface area (Å²) in [5, 5.41) is 8.87. The van der Waals surface area contributed by atoms with Crippen LogP contribution >= 0.6 is 0 Å². The Morgan fingerprint density at radius 2 is 1.79 bits per heavy atom. The second-order valence-electron chi connectivity index (χ2n) is 3.35. The maximum absolute atomic E-state index is 11.9. The molecule has 1 atom stereocenters. The van der Waals surface area contributed by atoms with Gasteiger partial charge in [0.15, 0.2) is 9.84 Å². The Balaban J connectivity index is 2.36. The second-order valence-corrected chi connectivity index (χ2v) is 5.66. The minimum Gasteiger partial charge on any atom is -0.386 e. The molecule has 0 aromatic carbocycles. The van der Waals surface area contributed by atoms with Crippen LogP contribution in [0, 0.1) is 0 Å². The second kappa shape index (κ2) is 4.50. The third-order valence-electron chi connectivity index (χ3n) is 2.17. The first-order valence-corrected chi connectivity index (χ1v) is 6.12. The normalized spacial score (nSPS) is 25.1. The summed E-state index contributed by atoms with van der Waals surface area (Å²) in [7, 11) is -2.98. The van der Waals surface area contributed by atoms with E-state index in [9.17, 15) is 17.2 Å². The number of aliphatic hydroxyl groups excluding tert-OH is 1. The lowest BCUT2D eigenvalue weighted by Crippen LogP contribution is -2.45. The zero-order valence-corrected chi connectivity index (χ0v) is 8.38. The van der Waals surface area contributed by atoms with Gasteiger partial charge in [0.05, 0.1) is 11.5 Å². The van der Waals surface area contributed by atoms with E-state index in [1.165, 1.54) is 4.90 Å². The van der Waals surface area contributed by atoms with Crippen molar-refractivity contribution in [2.24, 2.45) is 0 Å². The Kier molecular flexibility index (Phi) is 3.79. The van der Waals surface area contributed by atoms with Gasteiger partial charge in [-0.3, -0.25) is 4.90 Å². The van der Waals surface area contributed by atoms with Crippen molar-refractivity contribution in [1.82, 2.24) is 4.90 Å². The molecule has 0 saturated carbocycles. The van der Waals surface area contributed by atoms with Crippen LogP contribution in [0.5, 0.6) is 0 Å². The lowest BCUT2D eigenvalue weighted by Gasteiger charge is -2.28. The highest BCUT2D eigenvalue weighted by molar-refractivity contribution is 7.91. The molecular weight excluding hydrogens is 216 g/mol. The Morgan fingerprint density at radius 3 is 2.21 bits per heavy atom. The number of alkyl halides is 2. The van der Waals surface area contributed by atoms with Gasteiger partial charge in [-0.15, -0.1) is 0 Å². The summed E-state index contributed by atoms with van der Waals surface area (Å²) in [6, 6.07) is 0. The van der Waals surface area contributed by atoms with E-state index < -0.39 is 22.4 Å². The van der Waals surface area contributed by atoms with E-state index in [2.05, 4.69) is 0 Å². The number of hydrogen-bond acceptors (Lipinski definition) is 4. The van der Waals surface area contributed by atoms with E-state index in [1.807, 2.05) is 0 Å². The highest BCUT2D eigenvalue weighted by Gasteiger charge is 2.26. The van der Waals surface area contributed by atoms with Crippen LogP contribution in [0.2, 0.25) is 0 Å². The molecule has 0 bridgehead atoms. The molecule has 1 aliphatic heterocycles. The van der Waals surface area contributed by atoms with Gasteiger partial charge in [-0.25, -0.2) is 17.2 Å². The lowest BCUT2D eigenvalue weighted by molar-refractivity contribution is -0.0220. The Morgan fingerprint density at radius 1 is 1.29 bits per heavy atom. The van der Waals surface area contributed by atoms with Crippen molar-refractivity contribution in [2.75, 3.05) is 31.1 Å². The first kappa shape index (κ1) is 11.8. The van der Waals surface area contributed by atoms with Gasteiger partial charge in [0.1, 0.15) is 6.10 Å². The predicted molar refractivity (Wildman–Crippen MR) is 47.1 cm³/mol. The van der Waals surface area contributed by atoms with Gasteiger partial charge in [0.25, 0.3) is 6.43 Å². The third kappa shape index (κ3) is 3.47. The molecule has 7 heteroatoms. The minimum atomic E-state index is -2.98. The van der Waals surface area contributed by atoms with Crippen LogP contribution in [-0.2, 0) is 9.84 Å². The first-order valence-electron chi connectivity index (χ1n) is 4.30. The van der Waals surface area contributed by atoms with E-state index in [-0.39, 0.29) is 31.1 Å². The summed E-state index contributed by atoms with van der Waals surface area (Å²) in [5.41, 5.74) is 0. The van der Waals surface area contributed by atoms with Crippen molar-refractivity contribution in [3.8, 4) is 0 Å². The smallest absolute Gasteiger partial charge is 0.265 e. The molecule has 0 amide bonds. The molecule has 1 rings (SSSR count). The van der Waals surface area contributed by atoms with Gasteiger partial charge in [-0.05, 0) is 0 Å². The van der Waals surface area contributed by atoms with Crippen LogP contribution < -0.4 is 0 Å². The summed E-state index contributed by atoms with van der Waals surface area (Å²) in [6.07, 6.45) is -4.45. The molecule has 1 unspecified atom stereocenters. The van der Waals surface area contributed by atoms with Crippen molar-refractivity contribution < 1.29 is 22.3 Å². The van der Waals surface area contributed by atoms with Crippen molar-refractivity contribution >= 4 is 9.84 Å². The molecule has 1 saturated heterocycles. The number of rotatable bonds is 3. The monoisotopic (exact) mass is 229 g/mol. The van der Waals surface area contributed by atoms with Gasteiger partial charge >= 0.3 is 0 Å². The SMILES string of the molecule is O=S1(=O)CCN(CC(O)C(F)F)CC1. The molecule has 14 heavy (non-hydrogen) atoms. The number of aliphatic hydroxyl groups is 1. The van der Waals surface area contributed by atoms with Gasteiger partial charge in [-0.2, -0.15) is 0 Å². The number of halogens is 2. The maximum Gasteiger partial charge on any atom is 0.265 e. The quantitative estimate of drug-likeness (QED) is 0.698. The summed E-state index contributed by atoms with van der Waals surface area (Å²) in [5.74, 6) is -0.0219. The molecule has 0 aliphatic carbocycles. The summed E-state index contributed by atoms with van der Waals surface area (Å²) >= 11 is 0. The molecular formula is C7H13F2NO3S. The molecule has 84 valence electrons. The minimum absolute atomic E-state index is 0.0110. The predicted octanol–water partition coefficient (Wildman–Crippen LogP) is -0.657. The average molecular weight is 229 g/mol. The van der Waals surface area contributed by atoms with E-state index in [4.69, 9.17) is 5.11 Å². The summed E-state index contributed by atoms with van der Waals surface area (Å²) in [6.45, 7) is 0.297. The van der Waals surface area contributed by atoms with Crippen LogP contribution in [0.3, 0.4) is 0 Å². The zero-order valence-electron chi connectivity index (χ0n) is 7.57. The molecule has 0 aromatic rings. The van der Waals surface area contributed by atoms with Crippen molar-refractivity contribution in [1.29, 1.82) is 0 Å². The summed E-state index contributed by atoms with van der Waals surface area (Å²) < 4.78 is 45.8. The number of nitrogens with zero attached hydrogens (tertiary/aromatic N) is 1. The van der Waals surface area contributed by atoms with Crippen LogP contribution in [0.15, 0.2) is 0 Å². The van der Waals surface area contributed by atoms with E-state index in [1.54, 1.807) is 0 Å². The Hall–Kier alpha value is -0.270. The number of hydrogen-bond donors (Lipinski definition) is 1. The van der Waals surface area contributed by atoms with E-state index >= 15 is 0 Å². The number of sulfone groups is 1. The topological polar surface area (TPSA) is 57.6 Å². The molecule has 0 aromatic heterocycles. The van der Waals surface area contributed by atoms with Gasteiger partial charge < -0.3 is 5.11 Å². The molecule has 0 spiro atoms. The van der Waals surface area contributed by atoms with Gasteiger partial charge in [0.2, 0.25) is 0 Å². The highest BCUT2D eigenvalue weighted by Crippen LogP contribution is 2.07. The molecule has 1 aliphatic rings. The molecule has 1 fully saturated rings. The fourth-order valence-electron chi connectivity index (χ4n) is 1.28. The lowest BCUT2D eigenvalue weighted by atomic mass is 10.3. The molecule has 0 radical (unpaired) electrons. The van der Waals surface area contributed by atoms with Crippen LogP contribution in [0.25, 0.3) is 0 Å². The Bertz CT molecular complexity index is 267. The molecule has 1 N–H and O–H groups in total. The largest absolute Gasteiger partial charge is 0.386 e. The third-order valence-corrected chi connectivity index (χ3v) is 3.78. The van der Waals surface area contributed by atoms with Crippen molar-refractivity contribution in [2.45, 2.75) is 12.5 Å². The van der Waals surface area contributed by atoms with Crippen LogP contribution in [0.4, 0.5) is 8.78 Å². The Labute approximate surface area is 81.4 Å². The van der Waals surface area contributed by atoms with E-state index in [0.29, 0.717) is 0 Å². The molecule has 1 heterocycles. The maximum atomic E-state index is 11.9.